The molecule has 0 aliphatic rings. The third-order valence-electron chi connectivity index (χ3n) is 1.86. The third-order valence-corrected chi connectivity index (χ3v) is 1.86. The first-order valence-corrected chi connectivity index (χ1v) is 4.12. The number of aryl methyl sites for hydroxylation is 1. The normalized spacial score (nSPS) is 11.3. The Morgan fingerprint density at radius 1 is 1.54 bits per heavy atom. The molecule has 3 heteroatoms. The summed E-state index contributed by atoms with van der Waals surface area (Å²) in [6.07, 6.45) is 5.84. The molecule has 3 nitrogen and oxygen atoms in total. The van der Waals surface area contributed by atoms with Gasteiger partial charge in [-0.3, -0.25) is 4.79 Å². The fraction of sp³-hybridized carbons (Fsp3) is 0.200. The summed E-state index contributed by atoms with van der Waals surface area (Å²) >= 11 is 0. The van der Waals surface area contributed by atoms with Crippen LogP contribution in [0.1, 0.15) is 12.5 Å². The molecule has 13 heavy (non-hydrogen) atoms. The highest BCUT2D eigenvalue weighted by atomic mass is 16.2. The number of aromatic nitrogens is 1. The number of pyridine rings is 1. The van der Waals surface area contributed by atoms with Crippen molar-refractivity contribution in [3.63, 3.8) is 0 Å². The number of allylic oxidation sites excluding steroid dienone is 1. The zero-order valence-electron chi connectivity index (χ0n) is 7.47. The maximum atomic E-state index is 10.4. The number of nitrogens with zero attached hydrogens (tertiary/aromatic N) is 1. The molecule has 0 spiro atoms. The van der Waals surface area contributed by atoms with Gasteiger partial charge >= 0.3 is 0 Å². The van der Waals surface area contributed by atoms with E-state index in [1.807, 2.05) is 12.1 Å². The van der Waals surface area contributed by atoms with E-state index >= 15 is 0 Å². The second-order valence-electron chi connectivity index (χ2n) is 2.64. The van der Waals surface area contributed by atoms with Crippen molar-refractivity contribution < 1.29 is 14.5 Å². The minimum absolute atomic E-state index is 0.225. The summed E-state index contributed by atoms with van der Waals surface area (Å²) in [6.45, 7) is 2.06. The molecule has 0 aromatic carbocycles. The van der Waals surface area contributed by atoms with Crippen molar-refractivity contribution in [1.29, 1.82) is 0 Å². The lowest BCUT2D eigenvalue weighted by Crippen LogP contribution is -2.32. The Morgan fingerprint density at radius 3 is 2.54 bits per heavy atom. The number of carbonyl (C=O) groups excluding carboxylic acids is 1. The minimum Gasteiger partial charge on any atom is -0.509 e. The number of rotatable bonds is 3. The molecule has 1 rings (SSSR count). The van der Waals surface area contributed by atoms with Crippen LogP contribution in [0.4, 0.5) is 0 Å². The number of carbonyl (C=O) groups is 1. The van der Waals surface area contributed by atoms with E-state index in [0.29, 0.717) is 6.29 Å². The van der Waals surface area contributed by atoms with Gasteiger partial charge in [-0.25, -0.2) is 0 Å². The van der Waals surface area contributed by atoms with Gasteiger partial charge in [-0.1, -0.05) is 6.92 Å². The first kappa shape index (κ1) is 9.45. The first-order chi connectivity index (χ1) is 6.31. The molecule has 0 bridgehead atoms. The van der Waals surface area contributed by atoms with Crippen molar-refractivity contribution in [1.82, 2.24) is 0 Å². The molecule has 0 radical (unpaired) electrons. The maximum absolute atomic E-state index is 10.4. The predicted octanol–water partition coefficient (Wildman–Crippen LogP) is 1.09. The molecule has 1 aromatic rings. The van der Waals surface area contributed by atoms with Crippen LogP contribution < -0.4 is 4.57 Å². The van der Waals surface area contributed by atoms with Crippen LogP contribution in [0.5, 0.6) is 0 Å². The Hall–Kier alpha value is -1.64. The lowest BCUT2D eigenvalue weighted by atomic mass is 10.2. The van der Waals surface area contributed by atoms with E-state index in [2.05, 4.69) is 6.92 Å². The van der Waals surface area contributed by atoms with Gasteiger partial charge in [0.05, 0.1) is 0 Å². The smallest absolute Gasteiger partial charge is 0.285 e. The van der Waals surface area contributed by atoms with Crippen molar-refractivity contribution >= 4 is 12.0 Å². The van der Waals surface area contributed by atoms with E-state index in [1.54, 1.807) is 17.0 Å². The van der Waals surface area contributed by atoms with E-state index in [-0.39, 0.29) is 5.70 Å². The number of aldehydes is 1. The quantitative estimate of drug-likeness (QED) is 0.326. The van der Waals surface area contributed by atoms with E-state index in [1.165, 1.54) is 5.56 Å². The summed E-state index contributed by atoms with van der Waals surface area (Å²) < 4.78 is 1.56. The molecule has 68 valence electrons. The predicted molar refractivity (Wildman–Crippen MR) is 49.0 cm³/mol. The summed E-state index contributed by atoms with van der Waals surface area (Å²) in [5.74, 6) is 0. The Bertz CT molecular complexity index is 314. The van der Waals surface area contributed by atoms with E-state index in [9.17, 15) is 4.79 Å². The third kappa shape index (κ3) is 2.15. The van der Waals surface area contributed by atoms with Crippen molar-refractivity contribution in [3.05, 3.63) is 36.4 Å². The molecule has 1 aromatic heterocycles. The molecule has 0 saturated heterocycles. The molecular weight excluding hydrogens is 166 g/mol. The molecule has 0 unspecified atom stereocenters. The highest BCUT2D eigenvalue weighted by Crippen LogP contribution is 1.96. The standard InChI is InChI=1S/C10H11NO2/c1-2-9-3-5-11(6-4-9)10(7-12)8-13/h3-8H,2H2,1H3/p+1. The van der Waals surface area contributed by atoms with Crippen molar-refractivity contribution in [2.45, 2.75) is 13.3 Å². The van der Waals surface area contributed by atoms with Crippen LogP contribution in [0.2, 0.25) is 0 Å². The summed E-state index contributed by atoms with van der Waals surface area (Å²) in [5.41, 5.74) is 1.42. The van der Waals surface area contributed by atoms with Crippen LogP contribution in [0.25, 0.3) is 5.70 Å². The minimum atomic E-state index is 0.225. The summed E-state index contributed by atoms with van der Waals surface area (Å²) in [5, 5.41) is 8.69. The van der Waals surface area contributed by atoms with Gasteiger partial charge in [0.1, 0.15) is 0 Å². The van der Waals surface area contributed by atoms with Gasteiger partial charge in [-0.2, -0.15) is 4.57 Å². The fourth-order valence-corrected chi connectivity index (χ4v) is 1.02. The lowest BCUT2D eigenvalue weighted by Gasteiger charge is -1.94. The van der Waals surface area contributed by atoms with Crippen molar-refractivity contribution in [3.8, 4) is 0 Å². The Balaban J connectivity index is 2.97. The van der Waals surface area contributed by atoms with Crippen LogP contribution in [0, 0.1) is 0 Å². The first-order valence-electron chi connectivity index (χ1n) is 4.12. The molecular formula is C10H12NO2+. The molecule has 0 fully saturated rings. The lowest BCUT2D eigenvalue weighted by molar-refractivity contribution is -0.577. The van der Waals surface area contributed by atoms with Crippen molar-refractivity contribution in [2.24, 2.45) is 0 Å². The molecule has 0 amide bonds. The monoisotopic (exact) mass is 178 g/mol. The van der Waals surface area contributed by atoms with Crippen LogP contribution in [-0.4, -0.2) is 11.4 Å². The zero-order chi connectivity index (χ0) is 9.68. The maximum Gasteiger partial charge on any atom is 0.285 e. The van der Waals surface area contributed by atoms with Crippen molar-refractivity contribution in [2.75, 3.05) is 0 Å². The summed E-state index contributed by atoms with van der Waals surface area (Å²) in [6, 6.07) is 3.82. The van der Waals surface area contributed by atoms with Gasteiger partial charge in [0.15, 0.2) is 18.7 Å². The second-order valence-corrected chi connectivity index (χ2v) is 2.64. The van der Waals surface area contributed by atoms with Crippen LogP contribution in [-0.2, 0) is 11.2 Å². The van der Waals surface area contributed by atoms with Crippen LogP contribution >= 0.6 is 0 Å². The largest absolute Gasteiger partial charge is 0.509 e. The highest BCUT2D eigenvalue weighted by Gasteiger charge is 2.07. The molecule has 0 saturated carbocycles. The van der Waals surface area contributed by atoms with Gasteiger partial charge in [-0.15, -0.1) is 0 Å². The molecule has 1 heterocycles. The van der Waals surface area contributed by atoms with Gasteiger partial charge in [-0.05, 0) is 12.0 Å². The van der Waals surface area contributed by atoms with Gasteiger partial charge in [0, 0.05) is 12.1 Å². The highest BCUT2D eigenvalue weighted by molar-refractivity contribution is 5.92. The number of aliphatic hydroxyl groups is 1. The SMILES string of the molecule is CCc1cc[n+](/C(C=O)=C/O)cc1. The van der Waals surface area contributed by atoms with Crippen LogP contribution in [0.3, 0.4) is 0 Å². The number of hydrogen-bond acceptors (Lipinski definition) is 2. The molecule has 0 aliphatic carbocycles. The molecule has 1 N–H and O–H groups in total. The van der Waals surface area contributed by atoms with Gasteiger partial charge < -0.3 is 5.11 Å². The topological polar surface area (TPSA) is 41.2 Å². The summed E-state index contributed by atoms with van der Waals surface area (Å²) in [4.78, 5) is 10.4. The zero-order valence-corrected chi connectivity index (χ0v) is 7.47. The van der Waals surface area contributed by atoms with E-state index in [4.69, 9.17) is 5.11 Å². The van der Waals surface area contributed by atoms with E-state index < -0.39 is 0 Å². The van der Waals surface area contributed by atoms with Gasteiger partial charge in [0.25, 0.3) is 5.70 Å². The van der Waals surface area contributed by atoms with Gasteiger partial charge in [0.2, 0.25) is 6.29 Å². The van der Waals surface area contributed by atoms with E-state index in [0.717, 1.165) is 12.7 Å². The van der Waals surface area contributed by atoms with Crippen LogP contribution in [0.15, 0.2) is 30.8 Å². The summed E-state index contributed by atoms with van der Waals surface area (Å²) in [7, 11) is 0. The molecule has 0 aliphatic heterocycles. The average Bonchev–Trinajstić information content (AvgIpc) is 2.21. The number of hydrogen-bond donors (Lipinski definition) is 1. The Morgan fingerprint density at radius 2 is 2.15 bits per heavy atom. The second kappa shape index (κ2) is 4.40. The number of aliphatic hydroxyl groups excluding tert-OH is 1. The average molecular weight is 178 g/mol. The Labute approximate surface area is 77.0 Å². The molecule has 0 atom stereocenters. The fourth-order valence-electron chi connectivity index (χ4n) is 1.02. The Kier molecular flexibility index (Phi) is 3.20.